The minimum atomic E-state index is -0.637. The number of benzene rings is 2. The zero-order valence-electron chi connectivity index (χ0n) is 14.7. The Morgan fingerprint density at radius 2 is 1.70 bits per heavy atom. The zero-order chi connectivity index (χ0) is 19.6. The maximum atomic E-state index is 11.7. The van der Waals surface area contributed by atoms with Crippen molar-refractivity contribution in [3.8, 4) is 11.5 Å². The molecule has 0 spiro atoms. The Morgan fingerprint density at radius 3 is 2.37 bits per heavy atom. The number of carbonyl (C=O) groups is 2. The lowest BCUT2D eigenvalue weighted by molar-refractivity contribution is -0.150. The van der Waals surface area contributed by atoms with Crippen LogP contribution in [-0.2, 0) is 20.7 Å². The topological polar surface area (TPSA) is 73.9 Å². The predicted molar refractivity (Wildman–Crippen MR) is 103 cm³/mol. The number of nitrogens with one attached hydrogen (secondary N) is 1. The predicted octanol–water partition coefficient (Wildman–Crippen LogP) is 3.28. The molecule has 2 aromatic rings. The van der Waals surface area contributed by atoms with Crippen LogP contribution < -0.4 is 14.8 Å². The fourth-order valence-corrected chi connectivity index (χ4v) is 2.62. The molecule has 8 heteroatoms. The number of amides is 1. The molecule has 6 nitrogen and oxygen atoms in total. The Hall–Kier alpha value is -2.44. The average Bonchev–Trinajstić information content (AvgIpc) is 2.67. The van der Waals surface area contributed by atoms with E-state index in [0.717, 1.165) is 5.56 Å². The molecule has 0 aliphatic carbocycles. The van der Waals surface area contributed by atoms with Crippen molar-refractivity contribution in [1.82, 2.24) is 5.32 Å². The lowest BCUT2D eigenvalue weighted by Gasteiger charge is -2.09. The van der Waals surface area contributed by atoms with E-state index in [-0.39, 0.29) is 13.2 Å². The van der Waals surface area contributed by atoms with E-state index < -0.39 is 11.9 Å². The Morgan fingerprint density at radius 1 is 1.00 bits per heavy atom. The number of rotatable bonds is 9. The first-order chi connectivity index (χ1) is 13.0. The van der Waals surface area contributed by atoms with Crippen molar-refractivity contribution in [3.63, 3.8) is 0 Å². The minimum absolute atomic E-state index is 0.292. The van der Waals surface area contributed by atoms with E-state index in [4.69, 9.17) is 37.4 Å². The molecule has 0 saturated heterocycles. The molecule has 0 aliphatic heterocycles. The molecule has 144 valence electrons. The molecule has 27 heavy (non-hydrogen) atoms. The highest BCUT2D eigenvalue weighted by molar-refractivity contribution is 6.35. The van der Waals surface area contributed by atoms with E-state index in [1.807, 2.05) is 0 Å². The summed E-state index contributed by atoms with van der Waals surface area (Å²) in [7, 11) is 1.56. The van der Waals surface area contributed by atoms with Crippen molar-refractivity contribution in [2.75, 3.05) is 26.9 Å². The summed E-state index contributed by atoms with van der Waals surface area (Å²) in [6.45, 7) is -0.306. The van der Waals surface area contributed by atoms with Gasteiger partial charge in [0.1, 0.15) is 11.5 Å². The lowest BCUT2D eigenvalue weighted by Crippen LogP contribution is -2.31. The fourth-order valence-electron chi connectivity index (χ4n) is 2.11. The van der Waals surface area contributed by atoms with Crippen molar-refractivity contribution < 1.29 is 23.8 Å². The zero-order valence-corrected chi connectivity index (χ0v) is 16.2. The van der Waals surface area contributed by atoms with Crippen LogP contribution in [0.15, 0.2) is 42.5 Å². The highest BCUT2D eigenvalue weighted by atomic mass is 35.5. The Balaban J connectivity index is 1.63. The van der Waals surface area contributed by atoms with Crippen LogP contribution in [0.1, 0.15) is 5.56 Å². The summed E-state index contributed by atoms with van der Waals surface area (Å²) in [5, 5.41) is 3.75. The van der Waals surface area contributed by atoms with E-state index in [9.17, 15) is 9.59 Å². The highest BCUT2D eigenvalue weighted by Gasteiger charge is 2.09. The molecule has 0 saturated carbocycles. The van der Waals surface area contributed by atoms with Gasteiger partial charge in [-0.1, -0.05) is 29.3 Å². The van der Waals surface area contributed by atoms with E-state index in [0.29, 0.717) is 34.5 Å². The van der Waals surface area contributed by atoms with Crippen molar-refractivity contribution in [2.24, 2.45) is 0 Å². The second kappa shape index (κ2) is 10.6. The lowest BCUT2D eigenvalue weighted by atomic mass is 10.1. The first-order valence-electron chi connectivity index (χ1n) is 8.11. The van der Waals surface area contributed by atoms with Gasteiger partial charge in [0, 0.05) is 16.6 Å². The summed E-state index contributed by atoms with van der Waals surface area (Å²) in [6, 6.07) is 11.9. The molecule has 0 aromatic heterocycles. The molecule has 0 bridgehead atoms. The molecule has 0 fully saturated rings. The molecule has 0 atom stereocenters. The van der Waals surface area contributed by atoms with Crippen LogP contribution in [-0.4, -0.2) is 38.7 Å². The van der Waals surface area contributed by atoms with E-state index in [1.165, 1.54) is 0 Å². The third kappa shape index (κ3) is 7.37. The molecular formula is C19H19Cl2NO5. The van der Waals surface area contributed by atoms with Crippen LogP contribution in [0, 0.1) is 0 Å². The summed E-state index contributed by atoms with van der Waals surface area (Å²) in [5.74, 6) is 0.137. The third-order valence-corrected chi connectivity index (χ3v) is 4.10. The van der Waals surface area contributed by atoms with Crippen LogP contribution in [0.2, 0.25) is 10.0 Å². The van der Waals surface area contributed by atoms with E-state index in [1.54, 1.807) is 49.6 Å². The summed E-state index contributed by atoms with van der Waals surface area (Å²) in [6.07, 6.45) is 0.538. The number of hydrogen-bond acceptors (Lipinski definition) is 5. The summed E-state index contributed by atoms with van der Waals surface area (Å²) < 4.78 is 15.2. The fraction of sp³-hybridized carbons (Fsp3) is 0.263. The van der Waals surface area contributed by atoms with E-state index in [2.05, 4.69) is 5.32 Å². The number of esters is 1. The number of hydrogen-bond donors (Lipinski definition) is 1. The van der Waals surface area contributed by atoms with Gasteiger partial charge < -0.3 is 19.5 Å². The van der Waals surface area contributed by atoms with Crippen LogP contribution in [0.3, 0.4) is 0 Å². The number of ether oxygens (including phenoxy) is 3. The van der Waals surface area contributed by atoms with Gasteiger partial charge in [0.2, 0.25) is 0 Å². The van der Waals surface area contributed by atoms with Crippen molar-refractivity contribution in [1.29, 1.82) is 0 Å². The van der Waals surface area contributed by atoms with Gasteiger partial charge in [0.15, 0.2) is 13.2 Å². The summed E-state index contributed by atoms with van der Waals surface area (Å²) in [5.41, 5.74) is 0.867. The van der Waals surface area contributed by atoms with Crippen LogP contribution in [0.5, 0.6) is 11.5 Å². The normalized spacial score (nSPS) is 10.2. The number of carbonyl (C=O) groups excluding carboxylic acids is 2. The number of halogens is 2. The maximum Gasteiger partial charge on any atom is 0.344 e. The molecule has 1 N–H and O–H groups in total. The average molecular weight is 412 g/mol. The van der Waals surface area contributed by atoms with Gasteiger partial charge in [0.05, 0.1) is 7.11 Å². The Kier molecular flexibility index (Phi) is 8.23. The van der Waals surface area contributed by atoms with Gasteiger partial charge in [-0.2, -0.15) is 0 Å². The molecule has 0 radical (unpaired) electrons. The molecule has 2 aromatic carbocycles. The minimum Gasteiger partial charge on any atom is -0.497 e. The van der Waals surface area contributed by atoms with Crippen LogP contribution in [0.4, 0.5) is 0 Å². The molecular weight excluding hydrogens is 393 g/mol. The molecule has 0 unspecified atom stereocenters. The van der Waals surface area contributed by atoms with Crippen LogP contribution >= 0.6 is 23.2 Å². The molecule has 0 heterocycles. The van der Waals surface area contributed by atoms with E-state index >= 15 is 0 Å². The summed E-state index contributed by atoms with van der Waals surface area (Å²) in [4.78, 5) is 23.4. The van der Waals surface area contributed by atoms with Gasteiger partial charge in [0.25, 0.3) is 5.91 Å². The van der Waals surface area contributed by atoms with Gasteiger partial charge in [-0.15, -0.1) is 0 Å². The highest BCUT2D eigenvalue weighted by Crippen LogP contribution is 2.21. The van der Waals surface area contributed by atoms with Gasteiger partial charge in [-0.05, 0) is 48.4 Å². The standard InChI is InChI=1S/C19H19Cl2NO5/c1-25-15-4-6-16(7-5-15)26-12-19(24)27-11-18(23)22-9-8-13-2-3-14(20)10-17(13)21/h2-7,10H,8-9,11-12H2,1H3,(H,22,23). The van der Waals surface area contributed by atoms with Gasteiger partial charge in [-0.3, -0.25) is 4.79 Å². The van der Waals surface area contributed by atoms with Crippen LogP contribution in [0.25, 0.3) is 0 Å². The molecule has 2 rings (SSSR count). The van der Waals surface area contributed by atoms with Gasteiger partial charge >= 0.3 is 5.97 Å². The SMILES string of the molecule is COc1ccc(OCC(=O)OCC(=O)NCCc2ccc(Cl)cc2Cl)cc1. The second-order valence-corrected chi connectivity index (χ2v) is 6.30. The van der Waals surface area contributed by atoms with Crippen molar-refractivity contribution >= 4 is 35.1 Å². The second-order valence-electron chi connectivity index (χ2n) is 5.46. The Labute approximate surface area is 167 Å². The maximum absolute atomic E-state index is 11.7. The van der Waals surface area contributed by atoms with Crippen molar-refractivity contribution in [3.05, 3.63) is 58.1 Å². The van der Waals surface area contributed by atoms with Gasteiger partial charge in [-0.25, -0.2) is 4.79 Å². The first kappa shape index (κ1) is 20.9. The quantitative estimate of drug-likeness (QED) is 0.640. The summed E-state index contributed by atoms with van der Waals surface area (Å²) >= 11 is 11.9. The number of methoxy groups -OCH3 is 1. The monoisotopic (exact) mass is 411 g/mol. The molecule has 0 aliphatic rings. The Bertz CT molecular complexity index is 780. The smallest absolute Gasteiger partial charge is 0.344 e. The largest absolute Gasteiger partial charge is 0.497 e. The molecule has 1 amide bonds. The van der Waals surface area contributed by atoms with Crippen molar-refractivity contribution in [2.45, 2.75) is 6.42 Å². The third-order valence-electron chi connectivity index (χ3n) is 3.51. The first-order valence-corrected chi connectivity index (χ1v) is 8.86.